The maximum absolute atomic E-state index is 12.0. The first-order valence-electron chi connectivity index (χ1n) is 8.79. The first-order chi connectivity index (χ1) is 12.2. The number of carbonyl (C=O) groups is 1. The van der Waals surface area contributed by atoms with Gasteiger partial charge in [0.25, 0.3) is 0 Å². The van der Waals surface area contributed by atoms with Gasteiger partial charge in [-0.05, 0) is 38.0 Å². The van der Waals surface area contributed by atoms with E-state index in [0.717, 1.165) is 11.1 Å². The number of carbonyl (C=O) groups excluding carboxylic acids is 1. The van der Waals surface area contributed by atoms with Crippen molar-refractivity contribution in [2.75, 3.05) is 0 Å². The van der Waals surface area contributed by atoms with Crippen LogP contribution in [0.1, 0.15) is 53.6 Å². The fourth-order valence-corrected chi connectivity index (χ4v) is 4.27. The average Bonchev–Trinajstić information content (AvgIpc) is 2.64. The smallest absolute Gasteiger partial charge is 0.313 e. The van der Waals surface area contributed by atoms with Crippen LogP contribution in [-0.4, -0.2) is 17.4 Å². The van der Waals surface area contributed by atoms with Crippen LogP contribution in [0.25, 0.3) is 0 Å². The van der Waals surface area contributed by atoms with E-state index in [0.29, 0.717) is 10.8 Å². The highest BCUT2D eigenvalue weighted by Crippen LogP contribution is 2.34. The second-order valence-electron chi connectivity index (χ2n) is 6.39. The number of aryl methyl sites for hydroxylation is 1. The first kappa shape index (κ1) is 17.7. The molecule has 0 atom stereocenters. The van der Waals surface area contributed by atoms with Crippen LogP contribution in [0.3, 0.4) is 0 Å². The predicted octanol–water partition coefficient (Wildman–Crippen LogP) is 5.61. The van der Waals surface area contributed by atoms with E-state index in [4.69, 9.17) is 4.84 Å². The summed E-state index contributed by atoms with van der Waals surface area (Å²) in [6.45, 7) is 1.98. The third-order valence-corrected chi connectivity index (χ3v) is 5.81. The summed E-state index contributed by atoms with van der Waals surface area (Å²) in [4.78, 5) is 18.2. The Hall–Kier alpha value is -2.07. The van der Waals surface area contributed by atoms with Crippen molar-refractivity contribution < 1.29 is 9.63 Å². The molecule has 0 heterocycles. The largest absolute Gasteiger partial charge is 0.365 e. The van der Waals surface area contributed by atoms with Gasteiger partial charge in [0, 0.05) is 15.7 Å². The molecule has 0 aromatic heterocycles. The Balaban J connectivity index is 1.62. The van der Waals surface area contributed by atoms with Crippen LogP contribution in [-0.2, 0) is 4.84 Å². The van der Waals surface area contributed by atoms with Gasteiger partial charge in [-0.3, -0.25) is 0 Å². The summed E-state index contributed by atoms with van der Waals surface area (Å²) in [7, 11) is 0. The molecule has 0 unspecified atom stereocenters. The van der Waals surface area contributed by atoms with E-state index in [-0.39, 0.29) is 0 Å². The Morgan fingerprint density at radius 1 is 1.08 bits per heavy atom. The zero-order valence-electron chi connectivity index (χ0n) is 14.5. The second kappa shape index (κ2) is 8.86. The van der Waals surface area contributed by atoms with E-state index >= 15 is 0 Å². The minimum absolute atomic E-state index is 0.436. The Labute approximate surface area is 153 Å². The number of hydrogen-bond donors (Lipinski definition) is 0. The van der Waals surface area contributed by atoms with Crippen LogP contribution in [0.5, 0.6) is 0 Å². The summed E-state index contributed by atoms with van der Waals surface area (Å²) in [6.07, 6.45) is 8.19. The molecular formula is C21H23NO2S. The van der Waals surface area contributed by atoms with Gasteiger partial charge in [0.15, 0.2) is 0 Å². The molecule has 25 heavy (non-hydrogen) atoms. The van der Waals surface area contributed by atoms with Crippen LogP contribution in [0.2, 0.25) is 0 Å². The fraction of sp³-hybridized carbons (Fsp3) is 0.333. The zero-order chi connectivity index (χ0) is 17.5. The Kier molecular flexibility index (Phi) is 6.29. The molecule has 0 spiro atoms. The van der Waals surface area contributed by atoms with Crippen molar-refractivity contribution in [3.8, 4) is 0 Å². The van der Waals surface area contributed by atoms with Crippen LogP contribution >= 0.6 is 11.8 Å². The number of hydrogen-bond acceptors (Lipinski definition) is 4. The highest BCUT2D eigenvalue weighted by molar-refractivity contribution is 8.00. The van der Waals surface area contributed by atoms with Gasteiger partial charge >= 0.3 is 5.97 Å². The molecule has 0 aliphatic heterocycles. The van der Waals surface area contributed by atoms with Crippen LogP contribution in [0, 0.1) is 6.92 Å². The molecule has 0 radical (unpaired) electrons. The maximum atomic E-state index is 12.0. The summed E-state index contributed by atoms with van der Waals surface area (Å²) >= 11 is 1.92. The molecule has 2 aromatic carbocycles. The molecule has 1 fully saturated rings. The van der Waals surface area contributed by atoms with Gasteiger partial charge in [-0.2, -0.15) is 0 Å². The van der Waals surface area contributed by atoms with Gasteiger partial charge < -0.3 is 4.84 Å². The van der Waals surface area contributed by atoms with E-state index in [1.54, 1.807) is 18.3 Å². The lowest BCUT2D eigenvalue weighted by atomic mass is 10.0. The topological polar surface area (TPSA) is 38.7 Å². The SMILES string of the molecule is Cc1ccc(C(=O)ON=Cc2ccccc2SC2CCCCC2)cc1. The number of rotatable bonds is 5. The molecule has 1 aliphatic carbocycles. The lowest BCUT2D eigenvalue weighted by Crippen LogP contribution is -2.08. The van der Waals surface area contributed by atoms with Crippen molar-refractivity contribution in [2.24, 2.45) is 5.16 Å². The molecule has 0 N–H and O–H groups in total. The van der Waals surface area contributed by atoms with Gasteiger partial charge in [-0.1, -0.05) is 60.3 Å². The fourth-order valence-electron chi connectivity index (χ4n) is 2.93. The molecule has 0 bridgehead atoms. The van der Waals surface area contributed by atoms with Crippen LogP contribution in [0.4, 0.5) is 0 Å². The first-order valence-corrected chi connectivity index (χ1v) is 9.67. The average molecular weight is 353 g/mol. The number of oxime groups is 1. The van der Waals surface area contributed by atoms with Crippen LogP contribution < -0.4 is 0 Å². The van der Waals surface area contributed by atoms with Crippen LogP contribution in [0.15, 0.2) is 58.6 Å². The summed E-state index contributed by atoms with van der Waals surface area (Å²) < 4.78 is 0. The van der Waals surface area contributed by atoms with Gasteiger partial charge in [-0.15, -0.1) is 11.8 Å². The molecule has 3 nitrogen and oxygen atoms in total. The third kappa shape index (κ3) is 5.20. The second-order valence-corrected chi connectivity index (χ2v) is 7.74. The van der Waals surface area contributed by atoms with E-state index in [9.17, 15) is 4.79 Å². The molecule has 2 aromatic rings. The van der Waals surface area contributed by atoms with Crippen molar-refractivity contribution in [3.63, 3.8) is 0 Å². The Bertz CT molecular complexity index is 734. The molecule has 1 saturated carbocycles. The molecule has 130 valence electrons. The quantitative estimate of drug-likeness (QED) is 0.398. The van der Waals surface area contributed by atoms with Gasteiger partial charge in [-0.25, -0.2) is 4.79 Å². The van der Waals surface area contributed by atoms with Gasteiger partial charge in [0.05, 0.1) is 11.8 Å². The van der Waals surface area contributed by atoms with Gasteiger partial charge in [0.1, 0.15) is 0 Å². The monoisotopic (exact) mass is 353 g/mol. The minimum atomic E-state index is -0.436. The van der Waals surface area contributed by atoms with E-state index in [2.05, 4.69) is 11.2 Å². The maximum Gasteiger partial charge on any atom is 0.365 e. The van der Waals surface area contributed by atoms with Gasteiger partial charge in [0.2, 0.25) is 0 Å². The number of benzene rings is 2. The molecule has 1 aliphatic rings. The van der Waals surface area contributed by atoms with E-state index in [1.807, 2.05) is 49.0 Å². The highest BCUT2D eigenvalue weighted by atomic mass is 32.2. The Morgan fingerprint density at radius 3 is 2.56 bits per heavy atom. The molecule has 0 amide bonds. The lowest BCUT2D eigenvalue weighted by Gasteiger charge is -2.21. The highest BCUT2D eigenvalue weighted by Gasteiger charge is 2.15. The summed E-state index contributed by atoms with van der Waals surface area (Å²) in [6, 6.07) is 15.4. The molecule has 3 rings (SSSR count). The van der Waals surface area contributed by atoms with E-state index < -0.39 is 5.97 Å². The van der Waals surface area contributed by atoms with E-state index in [1.165, 1.54) is 37.0 Å². The molecular weight excluding hydrogens is 330 g/mol. The molecule has 4 heteroatoms. The Morgan fingerprint density at radius 2 is 1.80 bits per heavy atom. The van der Waals surface area contributed by atoms with Crippen molar-refractivity contribution in [2.45, 2.75) is 49.2 Å². The summed E-state index contributed by atoms with van der Waals surface area (Å²) in [5, 5.41) is 4.59. The van der Waals surface area contributed by atoms with Crippen molar-refractivity contribution in [1.82, 2.24) is 0 Å². The van der Waals surface area contributed by atoms with Crippen molar-refractivity contribution >= 4 is 23.9 Å². The standard InChI is InChI=1S/C21H23NO2S/c1-16-11-13-17(14-12-16)21(23)24-22-15-18-7-5-6-10-20(18)25-19-8-3-2-4-9-19/h5-7,10-15,19H,2-4,8-9H2,1H3. The zero-order valence-corrected chi connectivity index (χ0v) is 15.3. The van der Waals surface area contributed by atoms with Crippen molar-refractivity contribution in [1.29, 1.82) is 0 Å². The number of thioether (sulfide) groups is 1. The minimum Gasteiger partial charge on any atom is -0.313 e. The predicted molar refractivity (Wildman–Crippen MR) is 103 cm³/mol. The summed E-state index contributed by atoms with van der Waals surface area (Å²) in [5.74, 6) is -0.436. The summed E-state index contributed by atoms with van der Waals surface area (Å²) in [5.41, 5.74) is 2.61. The molecule has 0 saturated heterocycles. The normalized spacial score (nSPS) is 15.4. The van der Waals surface area contributed by atoms with Crippen molar-refractivity contribution in [3.05, 3.63) is 65.2 Å². The number of nitrogens with zero attached hydrogens (tertiary/aromatic N) is 1. The third-order valence-electron chi connectivity index (χ3n) is 4.38. The lowest BCUT2D eigenvalue weighted by molar-refractivity contribution is 0.0519.